The van der Waals surface area contributed by atoms with Crippen LogP contribution in [0.15, 0.2) is 109 Å². The Morgan fingerprint density at radius 1 is 0.594 bits per heavy atom. The Kier molecular flexibility index (Phi) is 19.1. The number of hydrogen-bond donors (Lipinski definition) is 11. The third-order valence-electron chi connectivity index (χ3n) is 11.4. The Balaban J connectivity index is 1.26. The maximum Gasteiger partial charge on any atom is 0.246 e. The van der Waals surface area contributed by atoms with E-state index in [4.69, 9.17) is 11.5 Å². The molecule has 0 aliphatic carbocycles. The fourth-order valence-electron chi connectivity index (χ4n) is 7.63. The van der Waals surface area contributed by atoms with Crippen molar-refractivity contribution in [2.75, 3.05) is 19.7 Å². The van der Waals surface area contributed by atoms with Gasteiger partial charge in [-0.25, -0.2) is 0 Å². The molecule has 366 valence electrons. The minimum atomic E-state index is -1.38. The molecule has 20 heteroatoms. The van der Waals surface area contributed by atoms with Gasteiger partial charge in [0.25, 0.3) is 0 Å². The standard InChI is InChI=1S/C49H59N9O11/c1-29(53-47(67)38(25-32-14-18-34(60)19-15-32)56-45(65)36(50)23-30-9-4-2-5-10-30)44(64)55-37(24-31-11-6-3-7-12-31)46(66)52-27-42(62)54-39(26-33-16-20-35(61)21-17-33)49(69)58-22-8-13-41(58)48(68)57-40(28-59)43(51)63/h2-7,9-12,14-21,29,36-41,59-61H,8,13,22-28,50H2,1H3,(H2,51,63)(H,52,66)(H,53,67)(H,54,62)(H,55,64)(H,56,65)(H,57,68)/t29-,36+,37-,38-,39-,40-,41-/m0/s1. The van der Waals surface area contributed by atoms with Gasteiger partial charge in [0, 0.05) is 25.8 Å². The lowest BCUT2D eigenvalue weighted by molar-refractivity contribution is -0.142. The van der Waals surface area contributed by atoms with E-state index in [1.54, 1.807) is 54.6 Å². The number of carbonyl (C=O) groups is 8. The summed E-state index contributed by atoms with van der Waals surface area (Å²) in [5.41, 5.74) is 14.1. The van der Waals surface area contributed by atoms with Gasteiger partial charge in [0.15, 0.2) is 0 Å². The normalized spacial score (nSPS) is 15.8. The summed E-state index contributed by atoms with van der Waals surface area (Å²) in [6.45, 7) is 0.111. The molecule has 1 aliphatic heterocycles. The molecule has 0 aromatic heterocycles. The lowest BCUT2D eigenvalue weighted by Gasteiger charge is -2.29. The molecule has 1 fully saturated rings. The van der Waals surface area contributed by atoms with Gasteiger partial charge in [-0.3, -0.25) is 38.4 Å². The highest BCUT2D eigenvalue weighted by molar-refractivity contribution is 5.97. The molecule has 1 saturated heterocycles. The van der Waals surface area contributed by atoms with Crippen molar-refractivity contribution in [2.24, 2.45) is 11.5 Å². The Morgan fingerprint density at radius 3 is 1.62 bits per heavy atom. The van der Waals surface area contributed by atoms with Gasteiger partial charge in [-0.15, -0.1) is 0 Å². The molecule has 7 atom stereocenters. The number of nitrogens with two attached hydrogens (primary N) is 2. The number of phenolic OH excluding ortho intramolecular Hbond substituents is 2. The van der Waals surface area contributed by atoms with Gasteiger partial charge in [-0.2, -0.15) is 0 Å². The topological polar surface area (TPSA) is 325 Å². The van der Waals surface area contributed by atoms with Crippen LogP contribution in [0.4, 0.5) is 0 Å². The van der Waals surface area contributed by atoms with Crippen LogP contribution in [-0.4, -0.2) is 129 Å². The first kappa shape index (κ1) is 52.1. The van der Waals surface area contributed by atoms with Crippen LogP contribution in [0.3, 0.4) is 0 Å². The zero-order chi connectivity index (χ0) is 50.0. The molecule has 1 heterocycles. The number of aliphatic hydroxyl groups excluding tert-OH is 1. The number of likely N-dealkylation sites (tertiary alicyclic amines) is 1. The highest BCUT2D eigenvalue weighted by Gasteiger charge is 2.39. The molecule has 0 saturated carbocycles. The van der Waals surface area contributed by atoms with Crippen molar-refractivity contribution in [1.29, 1.82) is 0 Å². The summed E-state index contributed by atoms with van der Waals surface area (Å²) in [6, 6.07) is 21.2. The summed E-state index contributed by atoms with van der Waals surface area (Å²) in [4.78, 5) is 109. The van der Waals surface area contributed by atoms with E-state index in [2.05, 4.69) is 31.9 Å². The first-order valence-corrected chi connectivity index (χ1v) is 22.4. The second-order valence-corrected chi connectivity index (χ2v) is 16.8. The zero-order valence-corrected chi connectivity index (χ0v) is 38.0. The van der Waals surface area contributed by atoms with E-state index < -0.39 is 103 Å². The fourth-order valence-corrected chi connectivity index (χ4v) is 7.63. The largest absolute Gasteiger partial charge is 0.508 e. The van der Waals surface area contributed by atoms with Crippen molar-refractivity contribution in [2.45, 2.75) is 87.7 Å². The van der Waals surface area contributed by atoms with Crippen LogP contribution in [-0.2, 0) is 64.0 Å². The maximum absolute atomic E-state index is 14.1. The molecule has 8 amide bonds. The van der Waals surface area contributed by atoms with Crippen molar-refractivity contribution in [3.05, 3.63) is 131 Å². The van der Waals surface area contributed by atoms with Crippen molar-refractivity contribution in [1.82, 2.24) is 36.8 Å². The quantitative estimate of drug-likeness (QED) is 0.0415. The number of aromatic hydroxyl groups is 2. The summed E-state index contributed by atoms with van der Waals surface area (Å²) in [5, 5.41) is 44.6. The number of nitrogens with one attached hydrogen (secondary N) is 6. The molecule has 4 aromatic carbocycles. The van der Waals surface area contributed by atoms with Gasteiger partial charge in [-0.05, 0) is 72.7 Å². The summed E-state index contributed by atoms with van der Waals surface area (Å²) in [6.07, 6.45) is 0.687. The molecule has 0 radical (unpaired) electrons. The van der Waals surface area contributed by atoms with Crippen molar-refractivity contribution in [3.63, 3.8) is 0 Å². The van der Waals surface area contributed by atoms with Crippen LogP contribution >= 0.6 is 0 Å². The molecule has 13 N–H and O–H groups in total. The third-order valence-corrected chi connectivity index (χ3v) is 11.4. The van der Waals surface area contributed by atoms with Gasteiger partial charge in [0.05, 0.1) is 19.2 Å². The molecule has 1 aliphatic rings. The molecule has 69 heavy (non-hydrogen) atoms. The minimum Gasteiger partial charge on any atom is -0.508 e. The molecule has 20 nitrogen and oxygen atoms in total. The first-order valence-electron chi connectivity index (χ1n) is 22.4. The second kappa shape index (κ2) is 25.3. The summed E-state index contributed by atoms with van der Waals surface area (Å²) < 4.78 is 0. The number of aliphatic hydroxyl groups is 1. The summed E-state index contributed by atoms with van der Waals surface area (Å²) in [5.74, 6) is -6.08. The van der Waals surface area contributed by atoms with Crippen molar-refractivity contribution >= 4 is 47.3 Å². The molecule has 5 rings (SSSR count). The van der Waals surface area contributed by atoms with Gasteiger partial charge in [0.2, 0.25) is 47.3 Å². The molecular formula is C49H59N9O11. The Labute approximate surface area is 398 Å². The minimum absolute atomic E-state index is 0.00400. The number of rotatable bonds is 23. The Hall–Kier alpha value is -7.84. The molecule has 4 aromatic rings. The number of benzene rings is 4. The smallest absolute Gasteiger partial charge is 0.246 e. The third kappa shape index (κ3) is 15.9. The van der Waals surface area contributed by atoms with Crippen LogP contribution in [0.2, 0.25) is 0 Å². The van der Waals surface area contributed by atoms with E-state index in [9.17, 15) is 53.7 Å². The number of nitrogens with zero attached hydrogens (tertiary/aromatic N) is 1. The van der Waals surface area contributed by atoms with Crippen LogP contribution in [0.25, 0.3) is 0 Å². The van der Waals surface area contributed by atoms with Crippen molar-refractivity contribution < 1.29 is 53.7 Å². The van der Waals surface area contributed by atoms with Crippen molar-refractivity contribution in [3.8, 4) is 11.5 Å². The van der Waals surface area contributed by atoms with Gasteiger partial charge < -0.3 is 63.6 Å². The molecule has 0 unspecified atom stereocenters. The molecule has 0 bridgehead atoms. The van der Waals surface area contributed by atoms with Gasteiger partial charge >= 0.3 is 0 Å². The van der Waals surface area contributed by atoms with E-state index in [1.807, 2.05) is 30.3 Å². The average molecular weight is 950 g/mol. The van der Waals surface area contributed by atoms with E-state index in [0.717, 1.165) is 5.56 Å². The van der Waals surface area contributed by atoms with Gasteiger partial charge in [0.1, 0.15) is 47.8 Å². The van der Waals surface area contributed by atoms with Crippen LogP contribution < -0.4 is 43.4 Å². The van der Waals surface area contributed by atoms with Crippen LogP contribution in [0.5, 0.6) is 11.5 Å². The fraction of sp³-hybridized carbons (Fsp3) is 0.347. The predicted molar refractivity (Wildman–Crippen MR) is 251 cm³/mol. The van der Waals surface area contributed by atoms with Gasteiger partial charge in [-0.1, -0.05) is 84.9 Å². The average Bonchev–Trinajstić information content (AvgIpc) is 3.84. The van der Waals surface area contributed by atoms with E-state index in [-0.39, 0.29) is 50.1 Å². The summed E-state index contributed by atoms with van der Waals surface area (Å²) >= 11 is 0. The molecule has 0 spiro atoms. The first-order chi connectivity index (χ1) is 33.0. The highest BCUT2D eigenvalue weighted by Crippen LogP contribution is 2.21. The number of hydrogen-bond acceptors (Lipinski definition) is 12. The number of amides is 8. The van der Waals surface area contributed by atoms with Crippen LogP contribution in [0, 0.1) is 0 Å². The Morgan fingerprint density at radius 2 is 1.09 bits per heavy atom. The number of carbonyl (C=O) groups excluding carboxylic acids is 8. The monoisotopic (exact) mass is 949 g/mol. The van der Waals surface area contributed by atoms with E-state index in [1.165, 1.54) is 36.1 Å². The molecular weight excluding hydrogens is 891 g/mol. The predicted octanol–water partition coefficient (Wildman–Crippen LogP) is -1.28. The lowest BCUT2D eigenvalue weighted by atomic mass is 10.0. The zero-order valence-electron chi connectivity index (χ0n) is 38.0. The van der Waals surface area contributed by atoms with Crippen LogP contribution in [0.1, 0.15) is 42.0 Å². The highest BCUT2D eigenvalue weighted by atomic mass is 16.3. The summed E-state index contributed by atoms with van der Waals surface area (Å²) in [7, 11) is 0. The number of phenols is 2. The second-order valence-electron chi connectivity index (χ2n) is 16.8. The lowest BCUT2D eigenvalue weighted by Crippen LogP contribution is -2.58. The number of primary amides is 1. The SMILES string of the molecule is C[C@H](NC(=O)[C@H](Cc1ccc(O)cc1)NC(=O)[C@H](N)Cc1ccccc1)C(=O)N[C@@H](Cc1ccccc1)C(=O)NCC(=O)N[C@@H](Cc1ccc(O)cc1)C(=O)N1CCC[C@H]1C(=O)N[C@@H](CO)C(N)=O. The van der Waals surface area contributed by atoms with E-state index in [0.29, 0.717) is 23.1 Å². The van der Waals surface area contributed by atoms with E-state index >= 15 is 0 Å². The maximum atomic E-state index is 14.1. The Bertz CT molecular complexity index is 2410.